The third-order valence-corrected chi connectivity index (χ3v) is 5.75. The van der Waals surface area contributed by atoms with Crippen LogP contribution >= 0.6 is 11.3 Å². The van der Waals surface area contributed by atoms with Crippen LogP contribution in [-0.2, 0) is 22.7 Å². The van der Waals surface area contributed by atoms with E-state index in [1.165, 1.54) is 4.88 Å². The van der Waals surface area contributed by atoms with Crippen molar-refractivity contribution < 1.29 is 14.0 Å². The number of nitrogens with one attached hydrogen (secondary N) is 1. The summed E-state index contributed by atoms with van der Waals surface area (Å²) in [6, 6.07) is 7.93. The Labute approximate surface area is 182 Å². The number of rotatable bonds is 8. The summed E-state index contributed by atoms with van der Waals surface area (Å²) in [6.45, 7) is 10.7. The maximum Gasteiger partial charge on any atom is 0.236 e. The van der Waals surface area contributed by atoms with Crippen molar-refractivity contribution >= 4 is 23.2 Å². The minimum atomic E-state index is -0.227. The molecule has 0 unspecified atom stereocenters. The lowest BCUT2D eigenvalue weighted by Crippen LogP contribution is -2.54. The predicted octanol–water partition coefficient (Wildman–Crippen LogP) is 2.40. The summed E-state index contributed by atoms with van der Waals surface area (Å²) < 4.78 is 5.49. The van der Waals surface area contributed by atoms with Gasteiger partial charge < -0.3 is 14.6 Å². The minimum Gasteiger partial charge on any atom is -0.468 e. The molecule has 1 fully saturated rings. The number of furan rings is 1. The third-order valence-electron chi connectivity index (χ3n) is 4.88. The molecule has 3 heterocycles. The van der Waals surface area contributed by atoms with E-state index in [9.17, 15) is 9.59 Å². The van der Waals surface area contributed by atoms with Gasteiger partial charge in [0.05, 0.1) is 25.9 Å². The quantitative estimate of drug-likeness (QED) is 0.694. The maximum absolute atomic E-state index is 12.9. The average molecular weight is 433 g/mol. The molecule has 2 aromatic rings. The molecule has 8 heteroatoms. The Morgan fingerprint density at radius 2 is 1.90 bits per heavy atom. The van der Waals surface area contributed by atoms with Crippen LogP contribution in [0.15, 0.2) is 40.3 Å². The van der Waals surface area contributed by atoms with Crippen LogP contribution in [0.25, 0.3) is 0 Å². The van der Waals surface area contributed by atoms with Crippen LogP contribution in [0.5, 0.6) is 0 Å². The van der Waals surface area contributed by atoms with Crippen molar-refractivity contribution in [1.82, 2.24) is 20.0 Å². The van der Waals surface area contributed by atoms with Crippen LogP contribution in [0.3, 0.4) is 0 Å². The number of carbonyl (C=O) groups is 2. The summed E-state index contributed by atoms with van der Waals surface area (Å²) >= 11 is 1.69. The smallest absolute Gasteiger partial charge is 0.236 e. The first kappa shape index (κ1) is 22.5. The molecule has 1 aliphatic heterocycles. The highest BCUT2D eigenvalue weighted by Gasteiger charge is 2.25. The van der Waals surface area contributed by atoms with E-state index in [2.05, 4.69) is 26.6 Å². The number of nitrogens with zero attached hydrogens (tertiary/aromatic N) is 3. The van der Waals surface area contributed by atoms with Gasteiger partial charge in [-0.1, -0.05) is 6.07 Å². The van der Waals surface area contributed by atoms with E-state index in [-0.39, 0.29) is 17.4 Å². The van der Waals surface area contributed by atoms with E-state index in [1.807, 2.05) is 43.9 Å². The Morgan fingerprint density at radius 3 is 2.50 bits per heavy atom. The molecule has 0 atom stereocenters. The van der Waals surface area contributed by atoms with E-state index in [0.29, 0.717) is 45.8 Å². The molecule has 0 bridgehead atoms. The van der Waals surface area contributed by atoms with Crippen molar-refractivity contribution in [2.45, 2.75) is 39.4 Å². The summed E-state index contributed by atoms with van der Waals surface area (Å²) in [5.74, 6) is 1.01. The van der Waals surface area contributed by atoms with E-state index in [1.54, 1.807) is 17.6 Å². The van der Waals surface area contributed by atoms with Crippen LogP contribution in [0.1, 0.15) is 31.4 Å². The minimum absolute atomic E-state index is 0.0304. The van der Waals surface area contributed by atoms with Crippen molar-refractivity contribution in [1.29, 1.82) is 0 Å². The second-order valence-corrected chi connectivity index (χ2v) is 9.79. The zero-order chi connectivity index (χ0) is 21.6. The summed E-state index contributed by atoms with van der Waals surface area (Å²) in [5, 5.41) is 5.05. The SMILES string of the molecule is CC(C)(C)NC(=O)CN1CCN(C(=O)CN(Cc2ccco2)Cc2cccs2)CC1. The van der Waals surface area contributed by atoms with E-state index in [0.717, 1.165) is 12.3 Å². The summed E-state index contributed by atoms with van der Waals surface area (Å²) in [4.78, 5) is 32.4. The fourth-order valence-electron chi connectivity index (χ4n) is 3.52. The molecule has 0 saturated carbocycles. The van der Waals surface area contributed by atoms with Crippen LogP contribution in [0.2, 0.25) is 0 Å². The Kier molecular flexibility index (Phi) is 7.69. The second kappa shape index (κ2) is 10.2. The van der Waals surface area contributed by atoms with Gasteiger partial charge in [-0.2, -0.15) is 0 Å². The number of amides is 2. The number of hydrogen-bond donors (Lipinski definition) is 1. The lowest BCUT2D eigenvalue weighted by Gasteiger charge is -2.35. The first-order chi connectivity index (χ1) is 14.3. The first-order valence-electron chi connectivity index (χ1n) is 10.4. The Bertz CT molecular complexity index is 755. The standard InChI is InChI=1S/C22H32N4O3S/c1-22(2,3)23-20(27)16-24-8-10-26(11-9-24)21(28)17-25(14-18-6-4-12-29-18)15-19-7-5-13-30-19/h4-7,12-13H,8-11,14-17H2,1-3H3,(H,23,27). The molecule has 30 heavy (non-hydrogen) atoms. The van der Waals surface area contributed by atoms with Gasteiger partial charge in [-0.15, -0.1) is 11.3 Å². The van der Waals surface area contributed by atoms with Gasteiger partial charge in [0.2, 0.25) is 11.8 Å². The van der Waals surface area contributed by atoms with Gasteiger partial charge in [0, 0.05) is 43.1 Å². The van der Waals surface area contributed by atoms with Crippen molar-refractivity contribution in [3.63, 3.8) is 0 Å². The molecule has 0 radical (unpaired) electrons. The molecule has 1 saturated heterocycles. The van der Waals surface area contributed by atoms with Crippen molar-refractivity contribution in [2.24, 2.45) is 0 Å². The van der Waals surface area contributed by atoms with Crippen LogP contribution in [0, 0.1) is 0 Å². The summed E-state index contributed by atoms with van der Waals surface area (Å²) in [6.07, 6.45) is 1.66. The molecule has 0 spiro atoms. The highest BCUT2D eigenvalue weighted by molar-refractivity contribution is 7.09. The normalized spacial score (nSPS) is 15.5. The van der Waals surface area contributed by atoms with Gasteiger partial charge in [-0.05, 0) is 44.4 Å². The molecule has 3 rings (SSSR count). The van der Waals surface area contributed by atoms with E-state index in [4.69, 9.17) is 4.42 Å². The maximum atomic E-state index is 12.9. The van der Waals surface area contributed by atoms with Crippen molar-refractivity contribution in [3.8, 4) is 0 Å². The molecule has 7 nitrogen and oxygen atoms in total. The molecule has 0 aromatic carbocycles. The third kappa shape index (κ3) is 7.27. The molecule has 0 aliphatic carbocycles. The van der Waals surface area contributed by atoms with Gasteiger partial charge in [-0.25, -0.2) is 0 Å². The molecule has 1 N–H and O–H groups in total. The first-order valence-corrected chi connectivity index (χ1v) is 11.2. The molecular formula is C22H32N4O3S. The van der Waals surface area contributed by atoms with Crippen LogP contribution < -0.4 is 5.32 Å². The second-order valence-electron chi connectivity index (χ2n) is 8.76. The summed E-state index contributed by atoms with van der Waals surface area (Å²) in [7, 11) is 0. The van der Waals surface area contributed by atoms with Crippen LogP contribution in [0.4, 0.5) is 0 Å². The number of carbonyl (C=O) groups excluding carboxylic acids is 2. The van der Waals surface area contributed by atoms with Crippen molar-refractivity contribution in [2.75, 3.05) is 39.3 Å². The zero-order valence-corrected chi connectivity index (χ0v) is 18.9. The Balaban J connectivity index is 1.49. The average Bonchev–Trinajstić information content (AvgIpc) is 3.34. The number of hydrogen-bond acceptors (Lipinski definition) is 6. The molecule has 1 aliphatic rings. The Morgan fingerprint density at radius 1 is 1.13 bits per heavy atom. The van der Waals surface area contributed by atoms with Gasteiger partial charge in [0.15, 0.2) is 0 Å². The number of thiophene rings is 1. The van der Waals surface area contributed by atoms with Crippen LogP contribution in [-0.4, -0.2) is 71.3 Å². The number of piperazine rings is 1. The largest absolute Gasteiger partial charge is 0.468 e. The van der Waals surface area contributed by atoms with E-state index >= 15 is 0 Å². The van der Waals surface area contributed by atoms with Gasteiger partial charge in [-0.3, -0.25) is 19.4 Å². The molecular weight excluding hydrogens is 400 g/mol. The monoisotopic (exact) mass is 432 g/mol. The van der Waals surface area contributed by atoms with Crippen molar-refractivity contribution in [3.05, 3.63) is 46.5 Å². The highest BCUT2D eigenvalue weighted by atomic mass is 32.1. The molecule has 2 amide bonds. The summed E-state index contributed by atoms with van der Waals surface area (Å²) in [5.41, 5.74) is -0.227. The lowest BCUT2D eigenvalue weighted by atomic mass is 10.1. The van der Waals surface area contributed by atoms with Gasteiger partial charge in [0.1, 0.15) is 5.76 Å². The zero-order valence-electron chi connectivity index (χ0n) is 18.1. The molecule has 164 valence electrons. The fourth-order valence-corrected chi connectivity index (χ4v) is 4.27. The fraction of sp³-hybridized carbons (Fsp3) is 0.545. The highest BCUT2D eigenvalue weighted by Crippen LogP contribution is 2.15. The Hall–Kier alpha value is -2.16. The predicted molar refractivity (Wildman–Crippen MR) is 118 cm³/mol. The van der Waals surface area contributed by atoms with Gasteiger partial charge in [0.25, 0.3) is 0 Å². The molecule has 2 aromatic heterocycles. The van der Waals surface area contributed by atoms with Gasteiger partial charge >= 0.3 is 0 Å². The topological polar surface area (TPSA) is 69.0 Å². The lowest BCUT2D eigenvalue weighted by molar-refractivity contribution is -0.134. The van der Waals surface area contributed by atoms with E-state index < -0.39 is 0 Å².